The van der Waals surface area contributed by atoms with Gasteiger partial charge in [-0.3, -0.25) is 4.79 Å². The first kappa shape index (κ1) is 26.1. The van der Waals surface area contributed by atoms with Crippen LogP contribution >= 0.6 is 0 Å². The molecule has 8 N–H and O–H groups in total. The highest BCUT2D eigenvalue weighted by Crippen LogP contribution is 1.76. The molecule has 162 valence electrons. The van der Waals surface area contributed by atoms with E-state index in [1.807, 2.05) is 0 Å². The number of ether oxygens (including phenoxy) is 2. The maximum absolute atomic E-state index is 11.4. The molecule has 0 unspecified atom stereocenters. The molecule has 0 aromatic rings. The molecule has 10 heteroatoms. The van der Waals surface area contributed by atoms with Crippen molar-refractivity contribution in [3.63, 3.8) is 0 Å². The number of methoxy groups -OCH3 is 1. The maximum Gasteiger partial charge on any atom is 0.246 e. The average Bonchev–Trinajstić information content (AvgIpc) is 2.67. The molecule has 0 atom stereocenters. The van der Waals surface area contributed by atoms with Gasteiger partial charge in [-0.1, -0.05) is 0 Å². The predicted molar refractivity (Wildman–Crippen MR) is 109 cm³/mol. The second-order valence-corrected chi connectivity index (χ2v) is 5.93. The Kier molecular flexibility index (Phi) is 22.5. The summed E-state index contributed by atoms with van der Waals surface area (Å²) in [6.07, 6.45) is 0. The molecule has 0 rings (SSSR count). The zero-order valence-electron chi connectivity index (χ0n) is 16.9. The molecular weight excluding hydrogens is 350 g/mol. The van der Waals surface area contributed by atoms with Gasteiger partial charge in [0.25, 0.3) is 0 Å². The topological polar surface area (TPSA) is 134 Å². The van der Waals surface area contributed by atoms with Gasteiger partial charge in [-0.15, -0.1) is 0 Å². The van der Waals surface area contributed by atoms with Gasteiger partial charge >= 0.3 is 0 Å². The second-order valence-electron chi connectivity index (χ2n) is 5.93. The molecule has 27 heavy (non-hydrogen) atoms. The molecule has 0 aromatic carbocycles. The Morgan fingerprint density at radius 2 is 1.15 bits per heavy atom. The Labute approximate surface area is 164 Å². The van der Waals surface area contributed by atoms with Gasteiger partial charge in [0, 0.05) is 85.6 Å². The van der Waals surface area contributed by atoms with E-state index in [0.717, 1.165) is 65.4 Å². The van der Waals surface area contributed by atoms with E-state index in [1.54, 1.807) is 7.11 Å². The van der Waals surface area contributed by atoms with Gasteiger partial charge in [0.05, 0.1) is 13.2 Å². The minimum atomic E-state index is -0.0987. The zero-order valence-corrected chi connectivity index (χ0v) is 16.9. The van der Waals surface area contributed by atoms with Gasteiger partial charge < -0.3 is 47.1 Å². The van der Waals surface area contributed by atoms with Gasteiger partial charge in [-0.25, -0.2) is 0 Å². The van der Waals surface area contributed by atoms with Gasteiger partial charge in [0.15, 0.2) is 0 Å². The molecule has 10 nitrogen and oxygen atoms in total. The highest BCUT2D eigenvalue weighted by atomic mass is 16.5. The summed E-state index contributed by atoms with van der Waals surface area (Å²) < 4.78 is 9.97. The standard InChI is InChI=1S/C17H41N7O3/c1-26-14-15-27-16-17(25)24-13-12-23-11-10-22-9-8-21-7-6-20-5-4-19-3-2-18/h19-23H,2-16,18H2,1H3,(H,24,25). The van der Waals surface area contributed by atoms with Crippen molar-refractivity contribution in [2.24, 2.45) is 5.73 Å². The van der Waals surface area contributed by atoms with Crippen LogP contribution in [0.15, 0.2) is 0 Å². The van der Waals surface area contributed by atoms with E-state index < -0.39 is 0 Å². The Morgan fingerprint density at radius 3 is 1.59 bits per heavy atom. The van der Waals surface area contributed by atoms with Crippen LogP contribution in [0, 0.1) is 0 Å². The number of nitrogens with one attached hydrogen (secondary N) is 6. The Balaban J connectivity index is 3.07. The number of carbonyl (C=O) groups excluding carboxylic acids is 1. The molecule has 0 bridgehead atoms. The van der Waals surface area contributed by atoms with E-state index in [9.17, 15) is 4.79 Å². The quantitative estimate of drug-likeness (QED) is 0.0946. The Morgan fingerprint density at radius 1 is 0.704 bits per heavy atom. The van der Waals surface area contributed by atoms with Gasteiger partial charge in [-0.05, 0) is 0 Å². The largest absolute Gasteiger partial charge is 0.382 e. The van der Waals surface area contributed by atoms with E-state index in [0.29, 0.717) is 26.3 Å². The molecular formula is C17H41N7O3. The SMILES string of the molecule is COCCOCC(=O)NCCNCCNCCNCCNCCNCCN. The van der Waals surface area contributed by atoms with Crippen LogP contribution in [0.4, 0.5) is 0 Å². The summed E-state index contributed by atoms with van der Waals surface area (Å²) in [6.45, 7) is 11.4. The minimum absolute atomic E-state index is 0.0820. The molecule has 0 saturated carbocycles. The van der Waals surface area contributed by atoms with Crippen LogP contribution in [0.5, 0.6) is 0 Å². The van der Waals surface area contributed by atoms with Crippen molar-refractivity contribution in [3.8, 4) is 0 Å². The highest BCUT2D eigenvalue weighted by molar-refractivity contribution is 5.77. The van der Waals surface area contributed by atoms with Crippen molar-refractivity contribution in [2.45, 2.75) is 0 Å². The molecule has 0 radical (unpaired) electrons. The molecule has 0 aliphatic carbocycles. The third kappa shape index (κ3) is 23.1. The fraction of sp³-hybridized carbons (Fsp3) is 0.941. The first-order valence-electron chi connectivity index (χ1n) is 9.88. The summed E-state index contributed by atoms with van der Waals surface area (Å²) in [5, 5.41) is 19.4. The number of hydrogen-bond donors (Lipinski definition) is 7. The van der Waals surface area contributed by atoms with E-state index in [1.165, 1.54) is 0 Å². The summed E-state index contributed by atoms with van der Waals surface area (Å²) in [4.78, 5) is 11.4. The molecule has 0 saturated heterocycles. The van der Waals surface area contributed by atoms with Crippen molar-refractivity contribution < 1.29 is 14.3 Å². The van der Waals surface area contributed by atoms with Gasteiger partial charge in [0.1, 0.15) is 6.61 Å². The summed E-state index contributed by atoms with van der Waals surface area (Å²) in [7, 11) is 1.60. The Hall–Kier alpha value is -0.850. The van der Waals surface area contributed by atoms with Crippen molar-refractivity contribution >= 4 is 5.91 Å². The lowest BCUT2D eigenvalue weighted by Gasteiger charge is -2.09. The van der Waals surface area contributed by atoms with Gasteiger partial charge in [0.2, 0.25) is 5.91 Å². The average molecular weight is 392 g/mol. The van der Waals surface area contributed by atoms with E-state index >= 15 is 0 Å². The van der Waals surface area contributed by atoms with Crippen molar-refractivity contribution in [3.05, 3.63) is 0 Å². The first-order valence-corrected chi connectivity index (χ1v) is 9.88. The molecule has 0 spiro atoms. The summed E-state index contributed by atoms with van der Waals surface area (Å²) in [5.74, 6) is -0.0987. The zero-order chi connectivity index (χ0) is 19.8. The third-order valence-electron chi connectivity index (χ3n) is 3.52. The number of nitrogens with two attached hydrogens (primary N) is 1. The fourth-order valence-electron chi connectivity index (χ4n) is 2.08. The fourth-order valence-corrected chi connectivity index (χ4v) is 2.08. The number of carbonyl (C=O) groups is 1. The lowest BCUT2D eigenvalue weighted by Crippen LogP contribution is -2.38. The van der Waals surface area contributed by atoms with E-state index in [2.05, 4.69) is 31.9 Å². The van der Waals surface area contributed by atoms with Crippen LogP contribution in [-0.4, -0.2) is 111 Å². The maximum atomic E-state index is 11.4. The second kappa shape index (κ2) is 23.2. The van der Waals surface area contributed by atoms with Crippen molar-refractivity contribution in [2.75, 3.05) is 105 Å². The molecule has 0 heterocycles. The highest BCUT2D eigenvalue weighted by Gasteiger charge is 1.99. The normalized spacial score (nSPS) is 11.0. The number of amides is 1. The van der Waals surface area contributed by atoms with E-state index in [-0.39, 0.29) is 12.5 Å². The predicted octanol–water partition coefficient (Wildman–Crippen LogP) is -3.33. The summed E-state index contributed by atoms with van der Waals surface area (Å²) in [5.41, 5.74) is 5.40. The molecule has 0 aliphatic heterocycles. The van der Waals surface area contributed by atoms with Crippen LogP contribution < -0.4 is 37.6 Å². The first-order chi connectivity index (χ1) is 13.3. The van der Waals surface area contributed by atoms with Crippen molar-refractivity contribution in [1.82, 2.24) is 31.9 Å². The number of rotatable bonds is 22. The minimum Gasteiger partial charge on any atom is -0.382 e. The van der Waals surface area contributed by atoms with Gasteiger partial charge in [-0.2, -0.15) is 0 Å². The lowest BCUT2D eigenvalue weighted by molar-refractivity contribution is -0.126. The monoisotopic (exact) mass is 391 g/mol. The van der Waals surface area contributed by atoms with Crippen LogP contribution in [0.1, 0.15) is 0 Å². The molecule has 1 amide bonds. The van der Waals surface area contributed by atoms with Crippen LogP contribution in [0.3, 0.4) is 0 Å². The van der Waals surface area contributed by atoms with Crippen LogP contribution in [0.25, 0.3) is 0 Å². The smallest absolute Gasteiger partial charge is 0.246 e. The summed E-state index contributed by atoms with van der Waals surface area (Å²) >= 11 is 0. The van der Waals surface area contributed by atoms with Crippen LogP contribution in [0.2, 0.25) is 0 Å². The third-order valence-corrected chi connectivity index (χ3v) is 3.52. The Bertz CT molecular complexity index is 312. The van der Waals surface area contributed by atoms with Crippen molar-refractivity contribution in [1.29, 1.82) is 0 Å². The lowest BCUT2D eigenvalue weighted by atomic mass is 10.5. The van der Waals surface area contributed by atoms with E-state index in [4.69, 9.17) is 15.2 Å². The molecule has 0 aliphatic rings. The number of hydrogen-bond acceptors (Lipinski definition) is 9. The summed E-state index contributed by atoms with van der Waals surface area (Å²) in [6, 6.07) is 0. The van der Waals surface area contributed by atoms with Crippen LogP contribution in [-0.2, 0) is 14.3 Å². The molecule has 0 aromatic heterocycles. The molecule has 0 fully saturated rings.